The minimum atomic E-state index is 0.955. The first kappa shape index (κ1) is 10.1. The Kier molecular flexibility index (Phi) is 3.81. The van der Waals surface area contributed by atoms with E-state index in [1.807, 2.05) is 0 Å². The summed E-state index contributed by atoms with van der Waals surface area (Å²) in [6.45, 7) is 4.35. The molecule has 0 aliphatic rings. The van der Waals surface area contributed by atoms with Gasteiger partial charge in [0.25, 0.3) is 0 Å². The summed E-state index contributed by atoms with van der Waals surface area (Å²) in [6.07, 6.45) is 4.69. The lowest BCUT2D eigenvalue weighted by Gasteiger charge is -2.05. The van der Waals surface area contributed by atoms with Crippen LogP contribution in [0.5, 0.6) is 0 Å². The van der Waals surface area contributed by atoms with Gasteiger partial charge < -0.3 is 5.73 Å². The standard InChI is InChI=1S/C12H19N/c1-3-5-6-10-7-8-11(4-2)12(13)9-10/h7-9H,3-6,13H2,1-2H3. The van der Waals surface area contributed by atoms with Gasteiger partial charge in [-0.3, -0.25) is 0 Å². The maximum Gasteiger partial charge on any atom is 0.0349 e. The molecule has 1 aromatic carbocycles. The van der Waals surface area contributed by atoms with E-state index in [4.69, 9.17) is 5.73 Å². The number of hydrogen-bond acceptors (Lipinski definition) is 1. The second-order valence-electron chi connectivity index (χ2n) is 3.49. The van der Waals surface area contributed by atoms with Crippen molar-refractivity contribution in [2.75, 3.05) is 5.73 Å². The Labute approximate surface area is 81.0 Å². The summed E-state index contributed by atoms with van der Waals surface area (Å²) < 4.78 is 0. The van der Waals surface area contributed by atoms with Crippen molar-refractivity contribution in [1.29, 1.82) is 0 Å². The third kappa shape index (κ3) is 2.76. The van der Waals surface area contributed by atoms with E-state index in [1.54, 1.807) is 0 Å². The van der Waals surface area contributed by atoms with E-state index in [-0.39, 0.29) is 0 Å². The van der Waals surface area contributed by atoms with E-state index in [9.17, 15) is 0 Å². The Morgan fingerprint density at radius 1 is 1.23 bits per heavy atom. The van der Waals surface area contributed by atoms with E-state index in [1.165, 1.54) is 24.0 Å². The molecule has 1 aromatic rings. The van der Waals surface area contributed by atoms with Gasteiger partial charge in [-0.1, -0.05) is 32.4 Å². The molecule has 0 heterocycles. The molecule has 1 rings (SSSR count). The molecule has 0 saturated heterocycles. The van der Waals surface area contributed by atoms with Gasteiger partial charge >= 0.3 is 0 Å². The van der Waals surface area contributed by atoms with Crippen LogP contribution >= 0.6 is 0 Å². The summed E-state index contributed by atoms with van der Waals surface area (Å²) in [5.74, 6) is 0. The van der Waals surface area contributed by atoms with Crippen molar-refractivity contribution >= 4 is 5.69 Å². The van der Waals surface area contributed by atoms with Crippen LogP contribution in [-0.4, -0.2) is 0 Å². The largest absolute Gasteiger partial charge is 0.398 e. The predicted octanol–water partition coefficient (Wildman–Crippen LogP) is 3.17. The van der Waals surface area contributed by atoms with Crippen LogP contribution in [0.3, 0.4) is 0 Å². The highest BCUT2D eigenvalue weighted by atomic mass is 14.6. The molecule has 0 bridgehead atoms. The Morgan fingerprint density at radius 2 is 2.00 bits per heavy atom. The lowest BCUT2D eigenvalue weighted by atomic mass is 10.0. The van der Waals surface area contributed by atoms with Crippen LogP contribution in [0.25, 0.3) is 0 Å². The summed E-state index contributed by atoms with van der Waals surface area (Å²) >= 11 is 0. The molecule has 0 aliphatic carbocycles. The summed E-state index contributed by atoms with van der Waals surface area (Å²) in [5, 5.41) is 0. The van der Waals surface area contributed by atoms with Crippen molar-refractivity contribution in [2.45, 2.75) is 39.5 Å². The third-order valence-corrected chi connectivity index (χ3v) is 2.41. The van der Waals surface area contributed by atoms with Crippen LogP contribution in [0.4, 0.5) is 5.69 Å². The fourth-order valence-corrected chi connectivity index (χ4v) is 1.50. The lowest BCUT2D eigenvalue weighted by molar-refractivity contribution is 0.795. The molecule has 0 amide bonds. The fourth-order valence-electron chi connectivity index (χ4n) is 1.50. The Hall–Kier alpha value is -0.980. The van der Waals surface area contributed by atoms with Gasteiger partial charge in [0, 0.05) is 5.69 Å². The van der Waals surface area contributed by atoms with E-state index >= 15 is 0 Å². The smallest absolute Gasteiger partial charge is 0.0349 e. The van der Waals surface area contributed by atoms with Crippen molar-refractivity contribution in [3.05, 3.63) is 29.3 Å². The molecule has 1 heteroatoms. The second kappa shape index (κ2) is 4.90. The van der Waals surface area contributed by atoms with Gasteiger partial charge in [0.2, 0.25) is 0 Å². The predicted molar refractivity (Wildman–Crippen MR) is 58.8 cm³/mol. The Bertz CT molecular complexity index is 266. The summed E-state index contributed by atoms with van der Waals surface area (Å²) in [7, 11) is 0. The molecule has 1 nitrogen and oxygen atoms in total. The van der Waals surface area contributed by atoms with Gasteiger partial charge in [-0.05, 0) is 36.5 Å². The van der Waals surface area contributed by atoms with Crippen LogP contribution in [0.2, 0.25) is 0 Å². The molecule has 0 spiro atoms. The number of hydrogen-bond donors (Lipinski definition) is 1. The Morgan fingerprint density at radius 3 is 2.54 bits per heavy atom. The monoisotopic (exact) mass is 177 g/mol. The summed E-state index contributed by atoms with van der Waals surface area (Å²) in [5.41, 5.74) is 9.49. The van der Waals surface area contributed by atoms with Crippen LogP contribution < -0.4 is 5.73 Å². The molecule has 0 unspecified atom stereocenters. The minimum absolute atomic E-state index is 0.955. The van der Waals surface area contributed by atoms with Crippen LogP contribution in [0.1, 0.15) is 37.8 Å². The van der Waals surface area contributed by atoms with E-state index in [2.05, 4.69) is 32.0 Å². The number of rotatable bonds is 4. The first-order valence-electron chi connectivity index (χ1n) is 5.15. The maximum absolute atomic E-state index is 5.90. The molecule has 0 radical (unpaired) electrons. The first-order valence-corrected chi connectivity index (χ1v) is 5.15. The van der Waals surface area contributed by atoms with Gasteiger partial charge in [0.05, 0.1) is 0 Å². The molecule has 0 aliphatic heterocycles. The van der Waals surface area contributed by atoms with Crippen LogP contribution in [0.15, 0.2) is 18.2 Å². The number of benzene rings is 1. The number of nitrogens with two attached hydrogens (primary N) is 1. The normalized spacial score (nSPS) is 10.3. The topological polar surface area (TPSA) is 26.0 Å². The molecular formula is C12H19N. The number of nitrogen functional groups attached to an aromatic ring is 1. The quantitative estimate of drug-likeness (QED) is 0.702. The zero-order valence-corrected chi connectivity index (χ0v) is 8.64. The highest BCUT2D eigenvalue weighted by Crippen LogP contribution is 2.16. The molecule has 0 atom stereocenters. The number of anilines is 1. The Balaban J connectivity index is 2.71. The molecule has 0 fully saturated rings. The average molecular weight is 177 g/mol. The zero-order chi connectivity index (χ0) is 9.68. The SMILES string of the molecule is CCCCc1ccc(CC)c(N)c1. The van der Waals surface area contributed by atoms with Crippen molar-refractivity contribution in [3.8, 4) is 0 Å². The van der Waals surface area contributed by atoms with Gasteiger partial charge in [-0.2, -0.15) is 0 Å². The fraction of sp³-hybridized carbons (Fsp3) is 0.500. The van der Waals surface area contributed by atoms with Crippen LogP contribution in [-0.2, 0) is 12.8 Å². The maximum atomic E-state index is 5.90. The summed E-state index contributed by atoms with van der Waals surface area (Å²) in [4.78, 5) is 0. The molecule has 13 heavy (non-hydrogen) atoms. The summed E-state index contributed by atoms with van der Waals surface area (Å²) in [6, 6.07) is 6.47. The zero-order valence-electron chi connectivity index (χ0n) is 8.64. The highest BCUT2D eigenvalue weighted by Gasteiger charge is 1.98. The van der Waals surface area contributed by atoms with Crippen molar-refractivity contribution in [2.24, 2.45) is 0 Å². The van der Waals surface area contributed by atoms with E-state index < -0.39 is 0 Å². The first-order chi connectivity index (χ1) is 6.27. The van der Waals surface area contributed by atoms with E-state index in [0.29, 0.717) is 0 Å². The lowest BCUT2D eigenvalue weighted by Crippen LogP contribution is -1.95. The van der Waals surface area contributed by atoms with Gasteiger partial charge in [0.15, 0.2) is 0 Å². The van der Waals surface area contributed by atoms with Gasteiger partial charge in [0.1, 0.15) is 0 Å². The molecule has 2 N–H and O–H groups in total. The highest BCUT2D eigenvalue weighted by molar-refractivity contribution is 5.49. The minimum Gasteiger partial charge on any atom is -0.398 e. The van der Waals surface area contributed by atoms with Gasteiger partial charge in [-0.25, -0.2) is 0 Å². The molecule has 0 saturated carbocycles. The van der Waals surface area contributed by atoms with Crippen molar-refractivity contribution in [1.82, 2.24) is 0 Å². The van der Waals surface area contributed by atoms with Crippen molar-refractivity contribution < 1.29 is 0 Å². The second-order valence-corrected chi connectivity index (χ2v) is 3.49. The number of aryl methyl sites for hydroxylation is 2. The van der Waals surface area contributed by atoms with Gasteiger partial charge in [-0.15, -0.1) is 0 Å². The molecule has 72 valence electrons. The number of unbranched alkanes of at least 4 members (excludes halogenated alkanes) is 1. The molecular weight excluding hydrogens is 158 g/mol. The third-order valence-electron chi connectivity index (χ3n) is 2.41. The van der Waals surface area contributed by atoms with Crippen molar-refractivity contribution in [3.63, 3.8) is 0 Å². The molecule has 0 aromatic heterocycles. The van der Waals surface area contributed by atoms with Crippen LogP contribution in [0, 0.1) is 0 Å². The van der Waals surface area contributed by atoms with E-state index in [0.717, 1.165) is 18.5 Å². The average Bonchev–Trinajstić information content (AvgIpc) is 2.15.